The Morgan fingerprint density at radius 3 is 2.50 bits per heavy atom. The molecule has 1 aromatic heterocycles. The van der Waals surface area contributed by atoms with Gasteiger partial charge in [0.05, 0.1) is 5.69 Å². The third-order valence-corrected chi connectivity index (χ3v) is 2.32. The number of hydrogen-bond acceptors (Lipinski definition) is 3. The molecule has 0 radical (unpaired) electrons. The normalized spacial score (nSPS) is 10.1. The fourth-order valence-electron chi connectivity index (χ4n) is 1.51. The van der Waals surface area contributed by atoms with Crippen molar-refractivity contribution >= 4 is 6.29 Å². The molecule has 1 N–H and O–H groups in total. The minimum Gasteiger partial charge on any atom is -0.298 e. The number of carbonyl (C=O) groups excluding carboxylic acids is 1. The van der Waals surface area contributed by atoms with Crippen LogP contribution in [0.4, 0.5) is 0 Å². The quantitative estimate of drug-likeness (QED) is 0.771. The summed E-state index contributed by atoms with van der Waals surface area (Å²) in [5.74, 6) is 0. The van der Waals surface area contributed by atoms with E-state index in [1.165, 1.54) is 6.07 Å². The van der Waals surface area contributed by atoms with Crippen LogP contribution < -0.4 is 5.56 Å². The number of aryl methyl sites for hydroxylation is 1. The smallest absolute Gasteiger partial charge is 0.264 e. The fraction of sp³-hybridized carbons (Fsp3) is 0.0833. The second-order valence-corrected chi connectivity index (χ2v) is 3.50. The van der Waals surface area contributed by atoms with Crippen molar-refractivity contribution in [1.29, 1.82) is 0 Å². The molecule has 0 amide bonds. The lowest BCUT2D eigenvalue weighted by molar-refractivity contribution is 0.112. The van der Waals surface area contributed by atoms with E-state index in [4.69, 9.17) is 0 Å². The molecule has 0 atom stereocenters. The molecule has 1 aromatic carbocycles. The third-order valence-electron chi connectivity index (χ3n) is 2.32. The summed E-state index contributed by atoms with van der Waals surface area (Å²) in [7, 11) is 0. The number of rotatable bonds is 2. The van der Waals surface area contributed by atoms with Crippen LogP contribution >= 0.6 is 0 Å². The van der Waals surface area contributed by atoms with Crippen LogP contribution in [0.3, 0.4) is 0 Å². The summed E-state index contributed by atoms with van der Waals surface area (Å²) in [6.45, 7) is 1.82. The summed E-state index contributed by atoms with van der Waals surface area (Å²) < 4.78 is 0. The molecule has 0 saturated heterocycles. The maximum Gasteiger partial charge on any atom is 0.264 e. The molecule has 80 valence electrons. The molecule has 0 unspecified atom stereocenters. The number of hydrogen-bond donors (Lipinski definition) is 1. The van der Waals surface area contributed by atoms with E-state index in [1.54, 1.807) is 24.3 Å². The molecule has 4 nitrogen and oxygen atoms in total. The second kappa shape index (κ2) is 4.10. The number of H-pyrrole nitrogens is 1. The number of nitrogens with one attached hydrogen (secondary N) is 1. The van der Waals surface area contributed by atoms with Crippen LogP contribution in [-0.4, -0.2) is 16.5 Å². The summed E-state index contributed by atoms with van der Waals surface area (Å²) in [6, 6.07) is 8.54. The molecule has 1 heterocycles. The Labute approximate surface area is 91.9 Å². The molecule has 0 bridgehead atoms. The second-order valence-electron chi connectivity index (χ2n) is 3.50. The highest BCUT2D eigenvalue weighted by molar-refractivity contribution is 5.76. The predicted molar refractivity (Wildman–Crippen MR) is 60.4 cm³/mol. The van der Waals surface area contributed by atoms with Gasteiger partial charge in [-0.05, 0) is 12.5 Å². The summed E-state index contributed by atoms with van der Waals surface area (Å²) in [6.07, 6.45) is 0.789. The molecular formula is C12H10N2O2. The highest BCUT2D eigenvalue weighted by Gasteiger charge is 2.04. The van der Waals surface area contributed by atoms with Gasteiger partial charge in [-0.25, -0.2) is 5.10 Å². The van der Waals surface area contributed by atoms with Crippen LogP contribution in [0.15, 0.2) is 35.1 Å². The average molecular weight is 214 g/mol. The SMILES string of the molecule is Cc1cc(=O)[nH]nc1-c1ccc(C=O)cc1. The minimum absolute atomic E-state index is 0.217. The van der Waals surface area contributed by atoms with Crippen LogP contribution in [0, 0.1) is 6.92 Å². The zero-order chi connectivity index (χ0) is 11.5. The minimum atomic E-state index is -0.217. The lowest BCUT2D eigenvalue weighted by atomic mass is 10.1. The van der Waals surface area contributed by atoms with E-state index in [2.05, 4.69) is 10.2 Å². The molecule has 0 saturated carbocycles. The van der Waals surface area contributed by atoms with Crippen LogP contribution in [0.25, 0.3) is 11.3 Å². The Balaban J connectivity index is 2.50. The highest BCUT2D eigenvalue weighted by Crippen LogP contribution is 2.18. The number of aldehydes is 1. The summed E-state index contributed by atoms with van der Waals surface area (Å²) >= 11 is 0. The van der Waals surface area contributed by atoms with Gasteiger partial charge < -0.3 is 0 Å². The van der Waals surface area contributed by atoms with Gasteiger partial charge in [0.25, 0.3) is 5.56 Å². The van der Waals surface area contributed by atoms with Crippen molar-refractivity contribution in [3.8, 4) is 11.3 Å². The maximum atomic E-state index is 11.0. The van der Waals surface area contributed by atoms with Crippen LogP contribution in [0.5, 0.6) is 0 Å². The summed E-state index contributed by atoms with van der Waals surface area (Å²) in [4.78, 5) is 21.5. The molecular weight excluding hydrogens is 204 g/mol. The Bertz CT molecular complexity index is 570. The van der Waals surface area contributed by atoms with Crippen molar-refractivity contribution in [1.82, 2.24) is 10.2 Å². The molecule has 0 aliphatic heterocycles. The fourth-order valence-corrected chi connectivity index (χ4v) is 1.51. The summed E-state index contributed by atoms with van der Waals surface area (Å²) in [5, 5.41) is 6.37. The van der Waals surface area contributed by atoms with E-state index in [1.807, 2.05) is 6.92 Å². The van der Waals surface area contributed by atoms with Gasteiger partial charge in [-0.2, -0.15) is 5.10 Å². The van der Waals surface area contributed by atoms with Gasteiger partial charge in [0, 0.05) is 17.2 Å². The number of benzene rings is 1. The van der Waals surface area contributed by atoms with E-state index >= 15 is 0 Å². The van der Waals surface area contributed by atoms with Gasteiger partial charge in [0.2, 0.25) is 0 Å². The van der Waals surface area contributed by atoms with Gasteiger partial charge in [-0.3, -0.25) is 9.59 Å². The zero-order valence-electron chi connectivity index (χ0n) is 8.73. The van der Waals surface area contributed by atoms with E-state index < -0.39 is 0 Å². The first-order valence-electron chi connectivity index (χ1n) is 4.82. The lowest BCUT2D eigenvalue weighted by Crippen LogP contribution is -2.08. The van der Waals surface area contributed by atoms with Crippen LogP contribution in [0.1, 0.15) is 15.9 Å². The molecule has 0 aliphatic rings. The Morgan fingerprint density at radius 2 is 1.94 bits per heavy atom. The van der Waals surface area contributed by atoms with Gasteiger partial charge in [0.15, 0.2) is 0 Å². The molecule has 0 aliphatic carbocycles. The lowest BCUT2D eigenvalue weighted by Gasteiger charge is -2.03. The molecule has 2 aromatic rings. The first kappa shape index (κ1) is 10.3. The van der Waals surface area contributed by atoms with Gasteiger partial charge >= 0.3 is 0 Å². The van der Waals surface area contributed by atoms with Crippen molar-refractivity contribution in [3.05, 3.63) is 51.8 Å². The average Bonchev–Trinajstić information content (AvgIpc) is 2.29. The molecule has 0 fully saturated rings. The number of aromatic nitrogens is 2. The monoisotopic (exact) mass is 214 g/mol. The van der Waals surface area contributed by atoms with Crippen molar-refractivity contribution in [2.75, 3.05) is 0 Å². The number of nitrogens with zero attached hydrogens (tertiary/aromatic N) is 1. The van der Waals surface area contributed by atoms with E-state index in [-0.39, 0.29) is 5.56 Å². The molecule has 2 rings (SSSR count). The Kier molecular flexibility index (Phi) is 2.64. The first-order valence-corrected chi connectivity index (χ1v) is 4.82. The van der Waals surface area contributed by atoms with Crippen LogP contribution in [-0.2, 0) is 0 Å². The van der Waals surface area contributed by atoms with Crippen LogP contribution in [0.2, 0.25) is 0 Å². The summed E-state index contributed by atoms with van der Waals surface area (Å²) in [5.41, 5.74) is 2.80. The van der Waals surface area contributed by atoms with Gasteiger partial charge in [-0.15, -0.1) is 0 Å². The zero-order valence-corrected chi connectivity index (χ0v) is 8.73. The maximum absolute atomic E-state index is 11.0. The Morgan fingerprint density at radius 1 is 1.25 bits per heavy atom. The van der Waals surface area contributed by atoms with E-state index in [0.29, 0.717) is 5.56 Å². The van der Waals surface area contributed by atoms with Gasteiger partial charge in [-0.1, -0.05) is 24.3 Å². The van der Waals surface area contributed by atoms with Crippen molar-refractivity contribution in [3.63, 3.8) is 0 Å². The highest BCUT2D eigenvalue weighted by atomic mass is 16.1. The van der Waals surface area contributed by atoms with E-state index in [0.717, 1.165) is 23.1 Å². The molecule has 0 spiro atoms. The third kappa shape index (κ3) is 1.91. The molecule has 4 heteroatoms. The largest absolute Gasteiger partial charge is 0.298 e. The van der Waals surface area contributed by atoms with Crippen molar-refractivity contribution in [2.24, 2.45) is 0 Å². The molecule has 16 heavy (non-hydrogen) atoms. The topological polar surface area (TPSA) is 62.8 Å². The van der Waals surface area contributed by atoms with E-state index in [9.17, 15) is 9.59 Å². The van der Waals surface area contributed by atoms with Crippen molar-refractivity contribution in [2.45, 2.75) is 6.92 Å². The number of carbonyl (C=O) groups is 1. The van der Waals surface area contributed by atoms with Crippen molar-refractivity contribution < 1.29 is 4.79 Å². The predicted octanol–water partition coefficient (Wildman–Crippen LogP) is 1.56. The van der Waals surface area contributed by atoms with Gasteiger partial charge in [0.1, 0.15) is 6.29 Å². The number of aromatic amines is 1. The standard InChI is InChI=1S/C12H10N2O2/c1-8-6-11(16)13-14-12(8)10-4-2-9(7-15)3-5-10/h2-7H,1H3,(H,13,16). The first-order chi connectivity index (χ1) is 7.70. The Hall–Kier alpha value is -2.23.